The van der Waals surface area contributed by atoms with Crippen molar-refractivity contribution in [2.45, 2.75) is 52.0 Å². The molecule has 1 saturated heterocycles. The quantitative estimate of drug-likeness (QED) is 0.744. The molecule has 19 heavy (non-hydrogen) atoms. The molecule has 0 spiro atoms. The number of carbonyl (C=O) groups is 1. The molecular weight excluding hydrogens is 240 g/mol. The molecule has 0 saturated carbocycles. The maximum atomic E-state index is 11.4. The van der Waals surface area contributed by atoms with E-state index in [1.807, 2.05) is 6.92 Å². The van der Waals surface area contributed by atoms with Gasteiger partial charge in [-0.2, -0.15) is 0 Å². The number of hydrogen-bond acceptors (Lipinski definition) is 3. The van der Waals surface area contributed by atoms with E-state index in [1.165, 1.54) is 6.42 Å². The van der Waals surface area contributed by atoms with E-state index < -0.39 is 11.5 Å². The minimum absolute atomic E-state index is 0.631. The van der Waals surface area contributed by atoms with Crippen molar-refractivity contribution in [2.75, 3.05) is 26.7 Å². The summed E-state index contributed by atoms with van der Waals surface area (Å²) >= 11 is 0. The highest BCUT2D eigenvalue weighted by Gasteiger charge is 2.34. The topological polar surface area (TPSA) is 52.6 Å². The van der Waals surface area contributed by atoms with E-state index in [-0.39, 0.29) is 0 Å². The average Bonchev–Trinajstić information content (AvgIpc) is 2.33. The number of likely N-dealkylation sites (tertiary alicyclic amines) is 1. The van der Waals surface area contributed by atoms with Crippen molar-refractivity contribution in [2.24, 2.45) is 11.8 Å². The van der Waals surface area contributed by atoms with Crippen molar-refractivity contribution < 1.29 is 9.90 Å². The molecule has 3 atom stereocenters. The Morgan fingerprint density at radius 1 is 1.37 bits per heavy atom. The number of carboxylic acid groups (broad SMARTS) is 1. The van der Waals surface area contributed by atoms with Gasteiger partial charge in [-0.1, -0.05) is 20.8 Å². The third kappa shape index (κ3) is 4.46. The van der Waals surface area contributed by atoms with Gasteiger partial charge in [0.05, 0.1) is 0 Å². The van der Waals surface area contributed by atoms with Crippen LogP contribution in [0.2, 0.25) is 0 Å². The molecule has 0 amide bonds. The lowest BCUT2D eigenvalue weighted by Gasteiger charge is -2.36. The van der Waals surface area contributed by atoms with Crippen LogP contribution in [0.15, 0.2) is 0 Å². The summed E-state index contributed by atoms with van der Waals surface area (Å²) in [5.41, 5.74) is -0.743. The molecule has 0 aliphatic carbocycles. The standard InChI is InChI=1S/C15H30N2O2/c1-5-15(16-4,14(18)19)7-6-8-17-10-12(2)9-13(3)11-17/h12-13,16H,5-11H2,1-4H3,(H,18,19). The van der Waals surface area contributed by atoms with E-state index in [0.717, 1.165) is 37.9 Å². The van der Waals surface area contributed by atoms with E-state index in [1.54, 1.807) is 7.05 Å². The smallest absolute Gasteiger partial charge is 0.323 e. The number of hydrogen-bond donors (Lipinski definition) is 2. The first-order valence-corrected chi connectivity index (χ1v) is 7.58. The zero-order valence-corrected chi connectivity index (χ0v) is 12.9. The predicted octanol–water partition coefficient (Wildman–Crippen LogP) is 2.20. The van der Waals surface area contributed by atoms with Crippen molar-refractivity contribution >= 4 is 5.97 Å². The van der Waals surface area contributed by atoms with E-state index in [9.17, 15) is 9.90 Å². The lowest BCUT2D eigenvalue weighted by molar-refractivity contribution is -0.145. The van der Waals surface area contributed by atoms with Gasteiger partial charge in [-0.25, -0.2) is 0 Å². The first-order valence-electron chi connectivity index (χ1n) is 7.58. The molecule has 112 valence electrons. The van der Waals surface area contributed by atoms with Gasteiger partial charge in [0.15, 0.2) is 0 Å². The summed E-state index contributed by atoms with van der Waals surface area (Å²) in [4.78, 5) is 13.9. The van der Waals surface area contributed by atoms with Crippen LogP contribution in [0.4, 0.5) is 0 Å². The summed E-state index contributed by atoms with van der Waals surface area (Å²) in [5, 5.41) is 12.4. The number of piperidine rings is 1. The number of nitrogens with zero attached hydrogens (tertiary/aromatic N) is 1. The molecule has 1 aliphatic rings. The Balaban J connectivity index is 2.42. The Morgan fingerprint density at radius 3 is 2.37 bits per heavy atom. The summed E-state index contributed by atoms with van der Waals surface area (Å²) in [6, 6.07) is 0. The molecule has 0 aromatic rings. The summed E-state index contributed by atoms with van der Waals surface area (Å²) in [6.45, 7) is 9.90. The highest BCUT2D eigenvalue weighted by Crippen LogP contribution is 2.23. The van der Waals surface area contributed by atoms with E-state index in [4.69, 9.17) is 0 Å². The fourth-order valence-corrected chi connectivity index (χ4v) is 3.42. The molecule has 0 radical (unpaired) electrons. The van der Waals surface area contributed by atoms with E-state index in [2.05, 4.69) is 24.1 Å². The molecule has 0 aromatic heterocycles. The van der Waals surface area contributed by atoms with Crippen LogP contribution in [0.25, 0.3) is 0 Å². The SMILES string of the molecule is CCC(CCCN1CC(C)CC(C)C1)(NC)C(=O)O. The van der Waals surface area contributed by atoms with Crippen LogP contribution in [0.3, 0.4) is 0 Å². The molecular formula is C15H30N2O2. The van der Waals surface area contributed by atoms with Crippen molar-refractivity contribution in [3.63, 3.8) is 0 Å². The minimum Gasteiger partial charge on any atom is -0.480 e. The van der Waals surface area contributed by atoms with Crippen LogP contribution in [-0.4, -0.2) is 48.2 Å². The summed E-state index contributed by atoms with van der Waals surface area (Å²) < 4.78 is 0. The largest absolute Gasteiger partial charge is 0.480 e. The number of likely N-dealkylation sites (N-methyl/N-ethyl adjacent to an activating group) is 1. The highest BCUT2D eigenvalue weighted by atomic mass is 16.4. The van der Waals surface area contributed by atoms with Gasteiger partial charge in [0.1, 0.15) is 5.54 Å². The van der Waals surface area contributed by atoms with Gasteiger partial charge in [0.2, 0.25) is 0 Å². The molecule has 2 N–H and O–H groups in total. The monoisotopic (exact) mass is 270 g/mol. The Morgan fingerprint density at radius 2 is 1.95 bits per heavy atom. The fourth-order valence-electron chi connectivity index (χ4n) is 3.42. The summed E-state index contributed by atoms with van der Waals surface area (Å²) in [5.74, 6) is 0.810. The van der Waals surface area contributed by atoms with E-state index in [0.29, 0.717) is 12.8 Å². The van der Waals surface area contributed by atoms with Gasteiger partial charge in [0.25, 0.3) is 0 Å². The number of rotatable bonds is 7. The Kier molecular flexibility index (Phi) is 6.27. The van der Waals surface area contributed by atoms with E-state index >= 15 is 0 Å². The first kappa shape index (κ1) is 16.4. The van der Waals surface area contributed by atoms with Crippen molar-refractivity contribution in [3.05, 3.63) is 0 Å². The highest BCUT2D eigenvalue weighted by molar-refractivity contribution is 5.78. The van der Waals surface area contributed by atoms with Crippen molar-refractivity contribution in [1.29, 1.82) is 0 Å². The maximum Gasteiger partial charge on any atom is 0.323 e. The van der Waals surface area contributed by atoms with Crippen LogP contribution >= 0.6 is 0 Å². The van der Waals surface area contributed by atoms with Gasteiger partial charge in [-0.05, 0) is 51.1 Å². The first-order chi connectivity index (χ1) is 8.93. The van der Waals surface area contributed by atoms with Gasteiger partial charge in [-0.15, -0.1) is 0 Å². The zero-order valence-electron chi connectivity index (χ0n) is 12.9. The summed E-state index contributed by atoms with van der Waals surface area (Å²) in [7, 11) is 1.75. The molecule has 1 rings (SSSR count). The van der Waals surface area contributed by atoms with Crippen LogP contribution in [-0.2, 0) is 4.79 Å². The van der Waals surface area contributed by atoms with Gasteiger partial charge in [0, 0.05) is 13.1 Å². The maximum absolute atomic E-state index is 11.4. The second kappa shape index (κ2) is 7.25. The molecule has 1 aliphatic heterocycles. The normalized spacial score (nSPS) is 28.0. The second-order valence-electron chi connectivity index (χ2n) is 6.30. The van der Waals surface area contributed by atoms with Gasteiger partial charge >= 0.3 is 5.97 Å². The van der Waals surface area contributed by atoms with Crippen LogP contribution in [0.5, 0.6) is 0 Å². The Hall–Kier alpha value is -0.610. The summed E-state index contributed by atoms with van der Waals surface area (Å²) in [6.07, 6.45) is 3.60. The number of carboxylic acids is 1. The molecule has 4 nitrogen and oxygen atoms in total. The molecule has 3 unspecified atom stereocenters. The van der Waals surface area contributed by atoms with Crippen LogP contribution < -0.4 is 5.32 Å². The van der Waals surface area contributed by atoms with Crippen LogP contribution in [0, 0.1) is 11.8 Å². The van der Waals surface area contributed by atoms with Gasteiger partial charge in [-0.3, -0.25) is 4.79 Å². The lowest BCUT2D eigenvalue weighted by atomic mass is 9.89. The fraction of sp³-hybridized carbons (Fsp3) is 0.933. The van der Waals surface area contributed by atoms with Crippen molar-refractivity contribution in [3.8, 4) is 0 Å². The molecule has 0 aromatic carbocycles. The molecule has 4 heteroatoms. The van der Waals surface area contributed by atoms with Crippen LogP contribution in [0.1, 0.15) is 46.5 Å². The predicted molar refractivity (Wildman–Crippen MR) is 78.3 cm³/mol. The van der Waals surface area contributed by atoms with Gasteiger partial charge < -0.3 is 15.3 Å². The number of nitrogens with one attached hydrogen (secondary N) is 1. The Bertz CT molecular complexity index is 280. The minimum atomic E-state index is -0.743. The number of aliphatic carboxylic acids is 1. The van der Waals surface area contributed by atoms with Crippen molar-refractivity contribution in [1.82, 2.24) is 10.2 Å². The molecule has 1 heterocycles. The third-order valence-corrected chi connectivity index (χ3v) is 4.51. The zero-order chi connectivity index (χ0) is 14.5. The molecule has 1 fully saturated rings. The average molecular weight is 270 g/mol. The molecule has 0 bridgehead atoms. The Labute approximate surface area is 117 Å². The second-order valence-corrected chi connectivity index (χ2v) is 6.30. The third-order valence-electron chi connectivity index (χ3n) is 4.51. The lowest BCUT2D eigenvalue weighted by Crippen LogP contribution is -2.50.